The molecule has 0 radical (unpaired) electrons. The van der Waals surface area contributed by atoms with Gasteiger partial charge in [0.05, 0.1) is 6.54 Å². The highest BCUT2D eigenvalue weighted by Crippen LogP contribution is 2.33. The summed E-state index contributed by atoms with van der Waals surface area (Å²) in [5.74, 6) is -0.347. The van der Waals surface area contributed by atoms with Gasteiger partial charge in [0.15, 0.2) is 6.10 Å². The van der Waals surface area contributed by atoms with Gasteiger partial charge in [-0.3, -0.25) is 4.79 Å². The molecule has 3 rings (SSSR count). The lowest BCUT2D eigenvalue weighted by molar-refractivity contribution is -0.143. The fourth-order valence-electron chi connectivity index (χ4n) is 3.18. The van der Waals surface area contributed by atoms with Crippen LogP contribution in [0.5, 0.6) is 0 Å². The highest BCUT2D eigenvalue weighted by molar-refractivity contribution is 6.30. The van der Waals surface area contributed by atoms with Gasteiger partial charge in [-0.2, -0.15) is 0 Å². The van der Waals surface area contributed by atoms with Crippen LogP contribution in [-0.2, 0) is 9.53 Å². The number of rotatable bonds is 2. The molecule has 2 amide bonds. The van der Waals surface area contributed by atoms with Gasteiger partial charge >= 0.3 is 6.09 Å². The van der Waals surface area contributed by atoms with E-state index in [1.54, 1.807) is 41.1 Å². The van der Waals surface area contributed by atoms with E-state index in [0.29, 0.717) is 43.1 Å². The number of carbonyl (C=O) groups excluding carboxylic acids is 2. The number of aliphatic hydroxyl groups excluding tert-OH is 1. The van der Waals surface area contributed by atoms with Crippen LogP contribution < -0.4 is 0 Å². The number of halogens is 1. The largest absolute Gasteiger partial charge is 0.441 e. The number of hydrogen-bond donors (Lipinski definition) is 1. The molecule has 0 saturated carbocycles. The smallest absolute Gasteiger partial charge is 0.410 e. The Bertz CT molecular complexity index is 628. The number of likely N-dealkylation sites (N-methyl/N-ethyl adjacent to an activating group) is 1. The topological polar surface area (TPSA) is 70.1 Å². The quantitative estimate of drug-likeness (QED) is 0.893. The summed E-state index contributed by atoms with van der Waals surface area (Å²) in [6.45, 7) is 1.46. The summed E-state index contributed by atoms with van der Waals surface area (Å²) in [7, 11) is 1.71. The predicted molar refractivity (Wildman–Crippen MR) is 84.1 cm³/mol. The van der Waals surface area contributed by atoms with E-state index in [9.17, 15) is 14.7 Å². The van der Waals surface area contributed by atoms with Gasteiger partial charge in [-0.25, -0.2) is 4.79 Å². The van der Waals surface area contributed by atoms with E-state index in [0.717, 1.165) is 0 Å². The highest BCUT2D eigenvalue weighted by atomic mass is 35.5. The number of amides is 2. The third-order valence-corrected chi connectivity index (χ3v) is 4.76. The van der Waals surface area contributed by atoms with Crippen LogP contribution in [-0.4, -0.2) is 59.2 Å². The van der Waals surface area contributed by atoms with E-state index in [-0.39, 0.29) is 12.0 Å². The SMILES string of the molecule is CN1CC2(CCN(C(=O)C(O)c3cccc(Cl)c3)CC2)OC1=O. The van der Waals surface area contributed by atoms with Crippen molar-refractivity contribution in [2.24, 2.45) is 0 Å². The van der Waals surface area contributed by atoms with Crippen molar-refractivity contribution in [3.63, 3.8) is 0 Å². The van der Waals surface area contributed by atoms with E-state index >= 15 is 0 Å². The summed E-state index contributed by atoms with van der Waals surface area (Å²) in [6, 6.07) is 6.65. The van der Waals surface area contributed by atoms with Crippen LogP contribution in [0.2, 0.25) is 5.02 Å². The Morgan fingerprint density at radius 1 is 1.39 bits per heavy atom. The summed E-state index contributed by atoms with van der Waals surface area (Å²) < 4.78 is 5.46. The molecule has 23 heavy (non-hydrogen) atoms. The molecule has 2 aliphatic heterocycles. The lowest BCUT2D eigenvalue weighted by Crippen LogP contribution is -2.49. The standard InChI is InChI=1S/C16H19ClN2O4/c1-18-10-16(23-15(18)22)5-7-19(8-6-16)14(21)13(20)11-3-2-4-12(17)9-11/h2-4,9,13,20H,5-8,10H2,1H3. The van der Waals surface area contributed by atoms with Gasteiger partial charge in [-0.1, -0.05) is 23.7 Å². The van der Waals surface area contributed by atoms with Gasteiger partial charge in [0.25, 0.3) is 5.91 Å². The molecule has 0 aliphatic carbocycles. The summed E-state index contributed by atoms with van der Waals surface area (Å²) >= 11 is 5.90. The average Bonchev–Trinajstić information content (AvgIpc) is 2.80. The van der Waals surface area contributed by atoms with Crippen molar-refractivity contribution >= 4 is 23.6 Å². The zero-order chi connectivity index (χ0) is 16.6. The number of carbonyl (C=O) groups is 2. The zero-order valence-corrected chi connectivity index (χ0v) is 13.6. The summed E-state index contributed by atoms with van der Waals surface area (Å²) in [4.78, 5) is 27.2. The van der Waals surface area contributed by atoms with Crippen LogP contribution in [0.25, 0.3) is 0 Å². The van der Waals surface area contributed by atoms with Crippen molar-refractivity contribution in [1.82, 2.24) is 9.80 Å². The van der Waals surface area contributed by atoms with Gasteiger partial charge in [0.2, 0.25) is 0 Å². The fourth-order valence-corrected chi connectivity index (χ4v) is 3.38. The number of hydrogen-bond acceptors (Lipinski definition) is 4. The van der Waals surface area contributed by atoms with Crippen LogP contribution in [0.4, 0.5) is 4.79 Å². The Labute approximate surface area is 139 Å². The number of likely N-dealkylation sites (tertiary alicyclic amines) is 1. The molecule has 7 heteroatoms. The van der Waals surface area contributed by atoms with E-state index in [1.807, 2.05) is 0 Å². The van der Waals surface area contributed by atoms with E-state index in [4.69, 9.17) is 16.3 Å². The Balaban J connectivity index is 1.63. The maximum absolute atomic E-state index is 12.5. The first-order valence-corrected chi connectivity index (χ1v) is 7.94. The molecule has 1 atom stereocenters. The average molecular weight is 339 g/mol. The minimum atomic E-state index is -1.23. The Kier molecular flexibility index (Phi) is 4.21. The molecule has 2 saturated heterocycles. The molecular weight excluding hydrogens is 320 g/mol. The second-order valence-corrected chi connectivity index (χ2v) is 6.63. The summed E-state index contributed by atoms with van der Waals surface area (Å²) in [5, 5.41) is 10.7. The second-order valence-electron chi connectivity index (χ2n) is 6.19. The van der Waals surface area contributed by atoms with E-state index in [2.05, 4.69) is 0 Å². The van der Waals surface area contributed by atoms with E-state index < -0.39 is 11.7 Å². The first kappa shape index (κ1) is 16.1. The third kappa shape index (κ3) is 3.14. The number of nitrogens with zero attached hydrogens (tertiary/aromatic N) is 2. The summed E-state index contributed by atoms with van der Waals surface area (Å²) in [5.41, 5.74) is -0.0151. The monoisotopic (exact) mass is 338 g/mol. The summed E-state index contributed by atoms with van der Waals surface area (Å²) in [6.07, 6.45) is -0.381. The number of piperidine rings is 1. The third-order valence-electron chi connectivity index (χ3n) is 4.53. The minimum Gasteiger partial charge on any atom is -0.441 e. The molecule has 124 valence electrons. The van der Waals surface area contributed by atoms with Gasteiger partial charge in [0.1, 0.15) is 5.60 Å². The molecular formula is C16H19ClN2O4. The molecule has 2 fully saturated rings. The number of ether oxygens (including phenoxy) is 1. The van der Waals surface area contributed by atoms with Crippen molar-refractivity contribution < 1.29 is 19.4 Å². The second kappa shape index (κ2) is 6.02. The molecule has 6 nitrogen and oxygen atoms in total. The van der Waals surface area contributed by atoms with Crippen molar-refractivity contribution in [2.45, 2.75) is 24.5 Å². The predicted octanol–water partition coefficient (Wildman–Crippen LogP) is 1.82. The molecule has 2 heterocycles. The molecule has 1 unspecified atom stereocenters. The van der Waals surface area contributed by atoms with Crippen LogP contribution in [0, 0.1) is 0 Å². The van der Waals surface area contributed by atoms with Crippen LogP contribution in [0.15, 0.2) is 24.3 Å². The minimum absolute atomic E-state index is 0.316. The normalized spacial score (nSPS) is 21.4. The van der Waals surface area contributed by atoms with Gasteiger partial charge in [-0.05, 0) is 17.7 Å². The molecule has 0 bridgehead atoms. The van der Waals surface area contributed by atoms with Gasteiger partial charge < -0.3 is 19.6 Å². The van der Waals surface area contributed by atoms with Crippen molar-refractivity contribution in [3.05, 3.63) is 34.9 Å². The van der Waals surface area contributed by atoms with Crippen molar-refractivity contribution in [1.29, 1.82) is 0 Å². The van der Waals surface area contributed by atoms with E-state index in [1.165, 1.54) is 0 Å². The Morgan fingerprint density at radius 3 is 2.65 bits per heavy atom. The highest BCUT2D eigenvalue weighted by Gasteiger charge is 2.46. The lowest BCUT2D eigenvalue weighted by atomic mass is 9.91. The van der Waals surface area contributed by atoms with Gasteiger partial charge in [-0.15, -0.1) is 0 Å². The first-order valence-electron chi connectivity index (χ1n) is 7.57. The molecule has 2 aliphatic rings. The van der Waals surface area contributed by atoms with Crippen molar-refractivity contribution in [3.8, 4) is 0 Å². The van der Waals surface area contributed by atoms with Crippen molar-refractivity contribution in [2.75, 3.05) is 26.7 Å². The Morgan fingerprint density at radius 2 is 2.09 bits per heavy atom. The first-order chi connectivity index (χ1) is 10.9. The maximum atomic E-state index is 12.5. The molecule has 1 aromatic rings. The van der Waals surface area contributed by atoms with Crippen LogP contribution in [0.3, 0.4) is 0 Å². The fraction of sp³-hybridized carbons (Fsp3) is 0.500. The molecule has 1 N–H and O–H groups in total. The van der Waals surface area contributed by atoms with Crippen LogP contribution >= 0.6 is 11.6 Å². The molecule has 1 aromatic carbocycles. The van der Waals surface area contributed by atoms with Crippen LogP contribution in [0.1, 0.15) is 24.5 Å². The number of benzene rings is 1. The Hall–Kier alpha value is -1.79. The molecule has 0 aromatic heterocycles. The maximum Gasteiger partial charge on any atom is 0.410 e. The lowest BCUT2D eigenvalue weighted by Gasteiger charge is -2.38. The zero-order valence-electron chi connectivity index (χ0n) is 12.9. The molecule has 1 spiro atoms. The van der Waals surface area contributed by atoms with Gasteiger partial charge in [0, 0.05) is 38.0 Å². The number of aliphatic hydroxyl groups is 1.